The number of carbonyl (C=O) groups excluding carboxylic acids is 1. The standard InChI is InChI=1S/C14H21N3O2S/c1-5-10-13(20-9(4)16-10)7-15-14(18)12-6-11(8(2)3)17-19-12/h8,12H,5-7H2,1-4H3,(H,15,18)/t12-/m1/s1. The molecule has 1 N–H and O–H groups in total. The van der Waals surface area contributed by atoms with Crippen LogP contribution in [-0.2, 0) is 22.6 Å². The van der Waals surface area contributed by atoms with Gasteiger partial charge in [0.1, 0.15) is 0 Å². The highest BCUT2D eigenvalue weighted by atomic mass is 32.1. The first-order valence-corrected chi connectivity index (χ1v) is 7.78. The van der Waals surface area contributed by atoms with Crippen LogP contribution in [0.3, 0.4) is 0 Å². The summed E-state index contributed by atoms with van der Waals surface area (Å²) in [5.74, 6) is 0.223. The molecule has 0 saturated carbocycles. The number of amides is 1. The van der Waals surface area contributed by atoms with Crippen molar-refractivity contribution in [1.29, 1.82) is 0 Å². The van der Waals surface area contributed by atoms with Crippen LogP contribution in [0.25, 0.3) is 0 Å². The number of hydrogen-bond acceptors (Lipinski definition) is 5. The van der Waals surface area contributed by atoms with Crippen LogP contribution in [0.4, 0.5) is 0 Å². The lowest BCUT2D eigenvalue weighted by atomic mass is 10.0. The third-order valence-corrected chi connectivity index (χ3v) is 4.31. The van der Waals surface area contributed by atoms with Crippen LogP contribution in [0.15, 0.2) is 5.16 Å². The third-order valence-electron chi connectivity index (χ3n) is 3.29. The van der Waals surface area contributed by atoms with Gasteiger partial charge in [0, 0.05) is 11.3 Å². The zero-order valence-corrected chi connectivity index (χ0v) is 13.2. The summed E-state index contributed by atoms with van der Waals surface area (Å²) >= 11 is 1.63. The van der Waals surface area contributed by atoms with Crippen molar-refractivity contribution in [3.63, 3.8) is 0 Å². The molecule has 0 saturated heterocycles. The van der Waals surface area contributed by atoms with Crippen molar-refractivity contribution in [2.45, 2.75) is 53.2 Å². The summed E-state index contributed by atoms with van der Waals surface area (Å²) in [7, 11) is 0. The highest BCUT2D eigenvalue weighted by Gasteiger charge is 2.29. The number of carbonyl (C=O) groups is 1. The lowest BCUT2D eigenvalue weighted by Crippen LogP contribution is -2.34. The number of aromatic nitrogens is 1. The van der Waals surface area contributed by atoms with Crippen LogP contribution in [0.2, 0.25) is 0 Å². The highest BCUT2D eigenvalue weighted by molar-refractivity contribution is 7.11. The van der Waals surface area contributed by atoms with Crippen molar-refractivity contribution in [2.24, 2.45) is 11.1 Å². The highest BCUT2D eigenvalue weighted by Crippen LogP contribution is 2.19. The predicted octanol–water partition coefficient (Wildman–Crippen LogP) is 2.43. The Morgan fingerprint density at radius 3 is 2.90 bits per heavy atom. The molecule has 2 rings (SSSR count). The van der Waals surface area contributed by atoms with Crippen LogP contribution in [0.1, 0.15) is 42.8 Å². The van der Waals surface area contributed by atoms with E-state index in [-0.39, 0.29) is 5.91 Å². The fourth-order valence-corrected chi connectivity index (χ4v) is 3.05. The van der Waals surface area contributed by atoms with Crippen molar-refractivity contribution in [2.75, 3.05) is 0 Å². The second-order valence-corrected chi connectivity index (χ2v) is 6.50. The van der Waals surface area contributed by atoms with Gasteiger partial charge in [-0.1, -0.05) is 25.9 Å². The molecule has 0 bridgehead atoms. The average molecular weight is 295 g/mol. The van der Waals surface area contributed by atoms with E-state index in [1.54, 1.807) is 11.3 Å². The molecule has 20 heavy (non-hydrogen) atoms. The molecule has 1 amide bonds. The minimum Gasteiger partial charge on any atom is -0.382 e. The van der Waals surface area contributed by atoms with Crippen molar-refractivity contribution < 1.29 is 9.63 Å². The maximum absolute atomic E-state index is 12.1. The molecule has 1 aromatic rings. The van der Waals surface area contributed by atoms with Crippen LogP contribution in [0, 0.1) is 12.8 Å². The largest absolute Gasteiger partial charge is 0.382 e. The van der Waals surface area contributed by atoms with Gasteiger partial charge in [0.25, 0.3) is 5.91 Å². The van der Waals surface area contributed by atoms with Gasteiger partial charge in [-0.15, -0.1) is 11.3 Å². The smallest absolute Gasteiger partial charge is 0.264 e. The molecule has 5 nitrogen and oxygen atoms in total. The van der Waals surface area contributed by atoms with Gasteiger partial charge >= 0.3 is 0 Å². The Hall–Kier alpha value is -1.43. The van der Waals surface area contributed by atoms with Crippen molar-refractivity contribution in [3.8, 4) is 0 Å². The van der Waals surface area contributed by atoms with Crippen LogP contribution < -0.4 is 5.32 Å². The topological polar surface area (TPSA) is 63.6 Å². The van der Waals surface area contributed by atoms with E-state index in [1.807, 2.05) is 6.92 Å². The molecule has 0 aliphatic carbocycles. The Bertz CT molecular complexity index is 522. The molecule has 0 aromatic carbocycles. The second-order valence-electron chi connectivity index (χ2n) is 5.21. The van der Waals surface area contributed by atoms with Crippen molar-refractivity contribution >= 4 is 23.0 Å². The monoisotopic (exact) mass is 295 g/mol. The van der Waals surface area contributed by atoms with E-state index in [0.717, 1.165) is 27.7 Å². The van der Waals surface area contributed by atoms with Gasteiger partial charge in [0.05, 0.1) is 23.0 Å². The van der Waals surface area contributed by atoms with E-state index in [2.05, 4.69) is 36.2 Å². The predicted molar refractivity (Wildman–Crippen MR) is 79.8 cm³/mol. The van der Waals surface area contributed by atoms with Crippen molar-refractivity contribution in [1.82, 2.24) is 10.3 Å². The number of thiazole rings is 1. The average Bonchev–Trinajstić information content (AvgIpc) is 3.02. The summed E-state index contributed by atoms with van der Waals surface area (Å²) in [6.45, 7) is 8.68. The zero-order chi connectivity index (χ0) is 14.7. The van der Waals surface area contributed by atoms with Gasteiger partial charge in [0.15, 0.2) is 0 Å². The molecule has 1 aromatic heterocycles. The van der Waals surface area contributed by atoms with E-state index in [0.29, 0.717) is 18.9 Å². The van der Waals surface area contributed by atoms with Gasteiger partial charge in [-0.3, -0.25) is 4.79 Å². The summed E-state index contributed by atoms with van der Waals surface area (Å²) in [5.41, 5.74) is 2.02. The zero-order valence-electron chi connectivity index (χ0n) is 12.4. The lowest BCUT2D eigenvalue weighted by molar-refractivity contribution is -0.131. The van der Waals surface area contributed by atoms with Gasteiger partial charge in [-0.2, -0.15) is 0 Å². The normalized spacial score (nSPS) is 18.1. The molecule has 6 heteroatoms. The fourth-order valence-electron chi connectivity index (χ4n) is 2.09. The number of aryl methyl sites for hydroxylation is 2. The van der Waals surface area contributed by atoms with Gasteiger partial charge < -0.3 is 10.2 Å². The molecule has 1 aliphatic heterocycles. The molecule has 110 valence electrons. The van der Waals surface area contributed by atoms with Gasteiger partial charge in [-0.05, 0) is 19.3 Å². The van der Waals surface area contributed by atoms with E-state index < -0.39 is 6.10 Å². The molecule has 0 fully saturated rings. The van der Waals surface area contributed by atoms with E-state index >= 15 is 0 Å². The minimum atomic E-state index is -0.480. The Labute approximate surface area is 123 Å². The van der Waals surface area contributed by atoms with Gasteiger partial charge in [-0.25, -0.2) is 4.98 Å². The minimum absolute atomic E-state index is 0.0995. The molecular weight excluding hydrogens is 274 g/mol. The number of oxime groups is 1. The fraction of sp³-hybridized carbons (Fsp3) is 0.643. The van der Waals surface area contributed by atoms with Crippen LogP contribution >= 0.6 is 11.3 Å². The molecule has 0 radical (unpaired) electrons. The van der Waals surface area contributed by atoms with E-state index in [9.17, 15) is 4.79 Å². The third kappa shape index (κ3) is 3.36. The Morgan fingerprint density at radius 1 is 1.55 bits per heavy atom. The Kier molecular flexibility index (Phi) is 4.75. The summed E-state index contributed by atoms with van der Waals surface area (Å²) in [6, 6.07) is 0. The molecule has 0 unspecified atom stereocenters. The number of rotatable bonds is 5. The second kappa shape index (κ2) is 6.35. The summed E-state index contributed by atoms with van der Waals surface area (Å²) in [5, 5.41) is 7.93. The summed E-state index contributed by atoms with van der Waals surface area (Å²) in [6.07, 6.45) is 0.994. The van der Waals surface area contributed by atoms with E-state index in [1.165, 1.54) is 0 Å². The first kappa shape index (κ1) is 15.0. The van der Waals surface area contributed by atoms with Gasteiger partial charge in [0.2, 0.25) is 6.10 Å². The number of hydrogen-bond donors (Lipinski definition) is 1. The first-order chi connectivity index (χ1) is 9.51. The van der Waals surface area contributed by atoms with Crippen LogP contribution in [0.5, 0.6) is 0 Å². The Balaban J connectivity index is 1.87. The number of nitrogens with one attached hydrogen (secondary N) is 1. The van der Waals surface area contributed by atoms with Crippen LogP contribution in [-0.4, -0.2) is 22.7 Å². The number of nitrogens with zero attached hydrogens (tertiary/aromatic N) is 2. The molecule has 0 spiro atoms. The maximum atomic E-state index is 12.1. The molecule has 2 heterocycles. The van der Waals surface area contributed by atoms with Crippen molar-refractivity contribution in [3.05, 3.63) is 15.6 Å². The first-order valence-electron chi connectivity index (χ1n) is 6.96. The molecular formula is C14H21N3O2S. The molecule has 1 aliphatic rings. The molecule has 1 atom stereocenters. The SMILES string of the molecule is CCc1nc(C)sc1CNC(=O)[C@H]1CC(C(C)C)=NO1. The summed E-state index contributed by atoms with van der Waals surface area (Å²) in [4.78, 5) is 22.8. The quantitative estimate of drug-likeness (QED) is 0.907. The Morgan fingerprint density at radius 2 is 2.30 bits per heavy atom. The summed E-state index contributed by atoms with van der Waals surface area (Å²) < 4.78 is 0. The van der Waals surface area contributed by atoms with E-state index in [4.69, 9.17) is 4.84 Å². The maximum Gasteiger partial charge on any atom is 0.264 e. The lowest BCUT2D eigenvalue weighted by Gasteiger charge is -2.09.